The molecule has 1 saturated heterocycles. The molecule has 1 aliphatic heterocycles. The first-order valence-corrected chi connectivity index (χ1v) is 10.6. The molecule has 4 rings (SSSR count). The van der Waals surface area contributed by atoms with E-state index in [0.717, 1.165) is 43.8 Å². The Hall–Kier alpha value is -3.27. The fourth-order valence-corrected chi connectivity index (χ4v) is 4.01. The first kappa shape index (κ1) is 20.0. The number of urea groups is 1. The molecule has 0 radical (unpaired) electrons. The number of hydrogen-bond donors (Lipinski definition) is 1. The molecule has 4 nitrogen and oxygen atoms in total. The number of ether oxygens (including phenoxy) is 1. The predicted molar refractivity (Wildman–Crippen MR) is 122 cm³/mol. The molecule has 3 aromatic carbocycles. The van der Waals surface area contributed by atoms with Gasteiger partial charge in [0.05, 0.1) is 7.11 Å². The minimum atomic E-state index is -0.0224. The van der Waals surface area contributed by atoms with Crippen LogP contribution in [0.2, 0.25) is 0 Å². The fraction of sp³-hybridized carbons (Fsp3) is 0.269. The molecule has 154 valence electrons. The van der Waals surface area contributed by atoms with Crippen molar-refractivity contribution < 1.29 is 9.53 Å². The molecule has 30 heavy (non-hydrogen) atoms. The molecule has 1 aliphatic rings. The summed E-state index contributed by atoms with van der Waals surface area (Å²) in [4.78, 5) is 14.5. The van der Waals surface area contributed by atoms with E-state index in [-0.39, 0.29) is 6.03 Å². The Bertz CT molecular complexity index is 945. The number of hydrogen-bond acceptors (Lipinski definition) is 2. The Morgan fingerprint density at radius 1 is 0.900 bits per heavy atom. The van der Waals surface area contributed by atoms with E-state index in [1.807, 2.05) is 35.2 Å². The van der Waals surface area contributed by atoms with Crippen LogP contribution < -0.4 is 10.1 Å². The number of anilines is 1. The number of carbonyl (C=O) groups excluding carboxylic acids is 1. The van der Waals surface area contributed by atoms with Gasteiger partial charge in [0.15, 0.2) is 0 Å². The Kier molecular flexibility index (Phi) is 6.33. The van der Waals surface area contributed by atoms with Gasteiger partial charge in [0, 0.05) is 18.8 Å². The van der Waals surface area contributed by atoms with Crippen molar-refractivity contribution in [2.45, 2.75) is 19.3 Å². The average Bonchev–Trinajstić information content (AvgIpc) is 2.81. The van der Waals surface area contributed by atoms with Crippen molar-refractivity contribution in [3.05, 3.63) is 84.4 Å². The molecule has 1 N–H and O–H groups in total. The Labute approximate surface area is 178 Å². The summed E-state index contributed by atoms with van der Waals surface area (Å²) in [7, 11) is 1.63. The third kappa shape index (κ3) is 5.01. The van der Waals surface area contributed by atoms with E-state index in [1.54, 1.807) is 7.11 Å². The van der Waals surface area contributed by atoms with Crippen molar-refractivity contribution in [3.8, 4) is 16.9 Å². The minimum absolute atomic E-state index is 0.0224. The molecule has 0 unspecified atom stereocenters. The van der Waals surface area contributed by atoms with E-state index < -0.39 is 0 Å². The van der Waals surface area contributed by atoms with Gasteiger partial charge in [0.2, 0.25) is 0 Å². The SMILES string of the molecule is COc1ccc(NC(=O)N2CCC(Cc3ccc(-c4ccccc4)cc3)CC2)cc1. The standard InChI is InChI=1S/C26H28N2O2/c1-30-25-13-11-24(12-14-25)27-26(29)28-17-15-21(16-18-28)19-20-7-9-23(10-8-20)22-5-3-2-4-6-22/h2-14,21H,15-19H2,1H3,(H,27,29). The van der Waals surface area contributed by atoms with Gasteiger partial charge in [-0.05, 0) is 66.1 Å². The van der Waals surface area contributed by atoms with Crippen molar-refractivity contribution >= 4 is 11.7 Å². The molecule has 0 aliphatic carbocycles. The minimum Gasteiger partial charge on any atom is -0.497 e. The topological polar surface area (TPSA) is 41.6 Å². The lowest BCUT2D eigenvalue weighted by Gasteiger charge is -2.32. The summed E-state index contributed by atoms with van der Waals surface area (Å²) >= 11 is 0. The molecular formula is C26H28N2O2. The predicted octanol–water partition coefficient (Wildman–Crippen LogP) is 5.85. The number of amides is 2. The highest BCUT2D eigenvalue weighted by Gasteiger charge is 2.23. The van der Waals surface area contributed by atoms with Gasteiger partial charge in [-0.25, -0.2) is 4.79 Å². The van der Waals surface area contributed by atoms with Crippen LogP contribution in [0.5, 0.6) is 5.75 Å². The zero-order valence-electron chi connectivity index (χ0n) is 17.4. The second kappa shape index (κ2) is 9.49. The molecular weight excluding hydrogens is 372 g/mol. The summed E-state index contributed by atoms with van der Waals surface area (Å²) in [6, 6.07) is 26.8. The normalized spacial score (nSPS) is 14.4. The zero-order valence-corrected chi connectivity index (χ0v) is 17.4. The van der Waals surface area contributed by atoms with Crippen molar-refractivity contribution in [3.63, 3.8) is 0 Å². The van der Waals surface area contributed by atoms with Gasteiger partial charge in [-0.15, -0.1) is 0 Å². The molecule has 4 heteroatoms. The number of nitrogens with one attached hydrogen (secondary N) is 1. The van der Waals surface area contributed by atoms with Gasteiger partial charge in [-0.2, -0.15) is 0 Å². The van der Waals surface area contributed by atoms with Crippen molar-refractivity contribution in [2.75, 3.05) is 25.5 Å². The van der Waals surface area contributed by atoms with Crippen LogP contribution >= 0.6 is 0 Å². The van der Waals surface area contributed by atoms with Crippen LogP contribution in [0.4, 0.5) is 10.5 Å². The van der Waals surface area contributed by atoms with E-state index >= 15 is 0 Å². The largest absolute Gasteiger partial charge is 0.497 e. The van der Waals surface area contributed by atoms with Gasteiger partial charge >= 0.3 is 6.03 Å². The monoisotopic (exact) mass is 400 g/mol. The Morgan fingerprint density at radius 2 is 1.53 bits per heavy atom. The molecule has 0 bridgehead atoms. The maximum atomic E-state index is 12.5. The first-order valence-electron chi connectivity index (χ1n) is 10.6. The van der Waals surface area contributed by atoms with E-state index in [9.17, 15) is 4.79 Å². The van der Waals surface area contributed by atoms with Gasteiger partial charge in [0.25, 0.3) is 0 Å². The molecule has 3 aromatic rings. The van der Waals surface area contributed by atoms with Gasteiger partial charge in [0.1, 0.15) is 5.75 Å². The molecule has 2 amide bonds. The van der Waals surface area contributed by atoms with E-state index in [4.69, 9.17) is 4.74 Å². The number of rotatable bonds is 5. The molecule has 0 saturated carbocycles. The van der Waals surface area contributed by atoms with Crippen LogP contribution in [-0.2, 0) is 6.42 Å². The lowest BCUT2D eigenvalue weighted by atomic mass is 9.89. The summed E-state index contributed by atoms with van der Waals surface area (Å²) in [6.07, 6.45) is 3.15. The lowest BCUT2D eigenvalue weighted by molar-refractivity contribution is 0.182. The highest BCUT2D eigenvalue weighted by atomic mass is 16.5. The second-order valence-electron chi connectivity index (χ2n) is 7.86. The number of methoxy groups -OCH3 is 1. The molecule has 1 fully saturated rings. The molecule has 1 heterocycles. The lowest BCUT2D eigenvalue weighted by Crippen LogP contribution is -2.41. The quantitative estimate of drug-likeness (QED) is 0.584. The summed E-state index contributed by atoms with van der Waals surface area (Å²) in [6.45, 7) is 1.60. The Morgan fingerprint density at radius 3 is 2.17 bits per heavy atom. The highest BCUT2D eigenvalue weighted by molar-refractivity contribution is 5.89. The number of piperidine rings is 1. The number of likely N-dealkylation sites (tertiary alicyclic amines) is 1. The molecule has 0 atom stereocenters. The fourth-order valence-electron chi connectivity index (χ4n) is 4.01. The summed E-state index contributed by atoms with van der Waals surface area (Å²) < 4.78 is 5.16. The van der Waals surface area contributed by atoms with Crippen LogP contribution in [0.1, 0.15) is 18.4 Å². The molecule has 0 spiro atoms. The van der Waals surface area contributed by atoms with Crippen LogP contribution in [0.15, 0.2) is 78.9 Å². The number of carbonyl (C=O) groups is 1. The number of benzene rings is 3. The van der Waals surface area contributed by atoms with Crippen LogP contribution in [0.3, 0.4) is 0 Å². The van der Waals surface area contributed by atoms with Gasteiger partial charge < -0.3 is 15.0 Å². The van der Waals surface area contributed by atoms with E-state index in [2.05, 4.69) is 53.8 Å². The Balaban J connectivity index is 1.26. The second-order valence-corrected chi connectivity index (χ2v) is 7.86. The van der Waals surface area contributed by atoms with E-state index in [0.29, 0.717) is 5.92 Å². The third-order valence-electron chi connectivity index (χ3n) is 5.83. The van der Waals surface area contributed by atoms with Gasteiger partial charge in [-0.1, -0.05) is 54.6 Å². The summed E-state index contributed by atoms with van der Waals surface area (Å²) in [5.41, 5.74) is 4.67. The first-order chi connectivity index (χ1) is 14.7. The van der Waals surface area contributed by atoms with Crippen LogP contribution in [0.25, 0.3) is 11.1 Å². The highest BCUT2D eigenvalue weighted by Crippen LogP contribution is 2.25. The van der Waals surface area contributed by atoms with Crippen molar-refractivity contribution in [1.82, 2.24) is 4.90 Å². The van der Waals surface area contributed by atoms with Gasteiger partial charge in [-0.3, -0.25) is 0 Å². The number of nitrogens with zero attached hydrogens (tertiary/aromatic N) is 1. The molecule has 0 aromatic heterocycles. The van der Waals surface area contributed by atoms with Crippen molar-refractivity contribution in [2.24, 2.45) is 5.92 Å². The van der Waals surface area contributed by atoms with E-state index in [1.165, 1.54) is 16.7 Å². The maximum absolute atomic E-state index is 12.5. The van der Waals surface area contributed by atoms with Crippen LogP contribution in [0, 0.1) is 5.92 Å². The van der Waals surface area contributed by atoms with Crippen molar-refractivity contribution in [1.29, 1.82) is 0 Å². The average molecular weight is 401 g/mol. The smallest absolute Gasteiger partial charge is 0.321 e. The summed E-state index contributed by atoms with van der Waals surface area (Å²) in [5.74, 6) is 1.41. The third-order valence-corrected chi connectivity index (χ3v) is 5.83. The summed E-state index contributed by atoms with van der Waals surface area (Å²) in [5, 5.41) is 2.98. The zero-order chi connectivity index (χ0) is 20.8. The maximum Gasteiger partial charge on any atom is 0.321 e. The van der Waals surface area contributed by atoms with Crippen LogP contribution in [-0.4, -0.2) is 31.1 Å².